The number of halogens is 1. The summed E-state index contributed by atoms with van der Waals surface area (Å²) in [6, 6.07) is 3.80. The molecule has 2 N–H and O–H groups in total. The van der Waals surface area contributed by atoms with Crippen LogP contribution in [0.3, 0.4) is 0 Å². The van der Waals surface area contributed by atoms with Crippen molar-refractivity contribution in [1.29, 1.82) is 0 Å². The van der Waals surface area contributed by atoms with Gasteiger partial charge in [0, 0.05) is 11.6 Å². The molecule has 0 radical (unpaired) electrons. The number of rotatable bonds is 4. The Kier molecular flexibility index (Phi) is 4.58. The first-order valence-corrected chi connectivity index (χ1v) is 7.13. The van der Waals surface area contributed by atoms with E-state index in [9.17, 15) is 0 Å². The zero-order valence-electron chi connectivity index (χ0n) is 11.8. The van der Waals surface area contributed by atoms with Crippen LogP contribution in [-0.4, -0.2) is 14.2 Å². The summed E-state index contributed by atoms with van der Waals surface area (Å²) in [4.78, 5) is 0. The molecule has 1 aromatic rings. The van der Waals surface area contributed by atoms with Gasteiger partial charge in [0.25, 0.3) is 0 Å². The van der Waals surface area contributed by atoms with Gasteiger partial charge in [-0.1, -0.05) is 31.4 Å². The minimum absolute atomic E-state index is 0.0316. The Hall–Kier alpha value is -0.930. The van der Waals surface area contributed by atoms with E-state index in [-0.39, 0.29) is 6.04 Å². The van der Waals surface area contributed by atoms with E-state index in [1.807, 2.05) is 12.1 Å². The molecule has 3 atom stereocenters. The molecule has 2 rings (SSSR count). The third-order valence-corrected chi connectivity index (χ3v) is 4.62. The molecule has 0 saturated heterocycles. The van der Waals surface area contributed by atoms with Crippen LogP contribution in [0, 0.1) is 11.8 Å². The van der Waals surface area contributed by atoms with E-state index >= 15 is 0 Å². The molecule has 1 aromatic carbocycles. The van der Waals surface area contributed by atoms with E-state index < -0.39 is 0 Å². The highest BCUT2D eigenvalue weighted by atomic mass is 35.5. The van der Waals surface area contributed by atoms with Gasteiger partial charge in [-0.25, -0.2) is 0 Å². The number of ether oxygens (including phenoxy) is 2. The second-order valence-corrected chi connectivity index (χ2v) is 5.68. The quantitative estimate of drug-likeness (QED) is 0.914. The van der Waals surface area contributed by atoms with Crippen LogP contribution in [-0.2, 0) is 0 Å². The summed E-state index contributed by atoms with van der Waals surface area (Å²) in [5, 5.41) is 0.503. The fourth-order valence-corrected chi connectivity index (χ4v) is 3.45. The standard InChI is InChI=1S/C15H22ClNO2/c1-9-5-4-6-10(9)14(17)11-7-8-12(18-2)13(16)15(11)19-3/h7-10,14H,4-6,17H2,1-3H3. The average Bonchev–Trinajstić information content (AvgIpc) is 2.83. The third-order valence-electron chi connectivity index (χ3n) is 4.26. The van der Waals surface area contributed by atoms with Crippen molar-refractivity contribution >= 4 is 11.6 Å². The predicted molar refractivity (Wildman–Crippen MR) is 78.0 cm³/mol. The second-order valence-electron chi connectivity index (χ2n) is 5.30. The highest BCUT2D eigenvalue weighted by molar-refractivity contribution is 6.33. The van der Waals surface area contributed by atoms with Gasteiger partial charge < -0.3 is 15.2 Å². The summed E-state index contributed by atoms with van der Waals surface area (Å²) >= 11 is 6.30. The molecule has 0 heterocycles. The van der Waals surface area contributed by atoms with E-state index in [0.29, 0.717) is 28.4 Å². The van der Waals surface area contributed by atoms with Crippen LogP contribution in [0.5, 0.6) is 11.5 Å². The summed E-state index contributed by atoms with van der Waals surface area (Å²) in [7, 11) is 3.22. The average molecular weight is 284 g/mol. The number of hydrogen-bond acceptors (Lipinski definition) is 3. The molecular weight excluding hydrogens is 262 g/mol. The first kappa shape index (κ1) is 14.5. The maximum atomic E-state index is 6.45. The zero-order valence-corrected chi connectivity index (χ0v) is 12.5. The van der Waals surface area contributed by atoms with Gasteiger partial charge in [0.1, 0.15) is 16.5 Å². The zero-order chi connectivity index (χ0) is 14.0. The van der Waals surface area contributed by atoms with Gasteiger partial charge in [0.15, 0.2) is 0 Å². The molecule has 4 heteroatoms. The van der Waals surface area contributed by atoms with Crippen LogP contribution in [0.1, 0.15) is 37.8 Å². The maximum absolute atomic E-state index is 6.45. The van der Waals surface area contributed by atoms with Gasteiger partial charge in [-0.15, -0.1) is 0 Å². The van der Waals surface area contributed by atoms with Crippen LogP contribution < -0.4 is 15.2 Å². The van der Waals surface area contributed by atoms with Crippen LogP contribution in [0.2, 0.25) is 5.02 Å². The Balaban J connectivity index is 2.36. The summed E-state index contributed by atoms with van der Waals surface area (Å²) in [6.07, 6.45) is 3.69. The molecular formula is C15H22ClNO2. The fourth-order valence-electron chi connectivity index (χ4n) is 3.12. The Morgan fingerprint density at radius 3 is 2.53 bits per heavy atom. The number of hydrogen-bond donors (Lipinski definition) is 1. The van der Waals surface area contributed by atoms with Crippen molar-refractivity contribution in [2.24, 2.45) is 17.6 Å². The van der Waals surface area contributed by atoms with Gasteiger partial charge in [0.2, 0.25) is 0 Å². The largest absolute Gasteiger partial charge is 0.495 e. The normalized spacial score (nSPS) is 24.3. The SMILES string of the molecule is COc1ccc(C(N)C2CCCC2C)c(OC)c1Cl. The lowest BCUT2D eigenvalue weighted by Gasteiger charge is -2.26. The van der Waals surface area contributed by atoms with Gasteiger partial charge in [-0.3, -0.25) is 0 Å². The Morgan fingerprint density at radius 1 is 1.26 bits per heavy atom. The van der Waals surface area contributed by atoms with Crippen LogP contribution >= 0.6 is 11.6 Å². The predicted octanol–water partition coefficient (Wildman–Crippen LogP) is 3.79. The van der Waals surface area contributed by atoms with Gasteiger partial charge in [-0.05, 0) is 30.4 Å². The van der Waals surface area contributed by atoms with E-state index in [0.717, 1.165) is 5.56 Å². The van der Waals surface area contributed by atoms with E-state index in [2.05, 4.69) is 6.92 Å². The molecule has 3 nitrogen and oxygen atoms in total. The summed E-state index contributed by atoms with van der Waals surface area (Å²) in [6.45, 7) is 2.27. The van der Waals surface area contributed by atoms with Gasteiger partial charge in [-0.2, -0.15) is 0 Å². The second kappa shape index (κ2) is 6.02. The first-order chi connectivity index (χ1) is 9.10. The van der Waals surface area contributed by atoms with E-state index in [1.54, 1.807) is 14.2 Å². The van der Waals surface area contributed by atoms with E-state index in [4.69, 9.17) is 26.8 Å². The Morgan fingerprint density at radius 2 is 2.00 bits per heavy atom. The van der Waals surface area contributed by atoms with Crippen molar-refractivity contribution in [2.45, 2.75) is 32.2 Å². The highest BCUT2D eigenvalue weighted by Gasteiger charge is 2.31. The summed E-state index contributed by atoms with van der Waals surface area (Å²) < 4.78 is 10.7. The molecule has 1 aliphatic carbocycles. The van der Waals surface area contributed by atoms with Crippen molar-refractivity contribution < 1.29 is 9.47 Å². The summed E-state index contributed by atoms with van der Waals surface area (Å²) in [5.41, 5.74) is 7.43. The van der Waals surface area contributed by atoms with Crippen LogP contribution in [0.25, 0.3) is 0 Å². The Bertz CT molecular complexity index is 450. The van der Waals surface area contributed by atoms with E-state index in [1.165, 1.54) is 19.3 Å². The number of benzene rings is 1. The molecule has 0 spiro atoms. The molecule has 1 fully saturated rings. The summed E-state index contributed by atoms with van der Waals surface area (Å²) in [5.74, 6) is 2.42. The van der Waals surface area contributed by atoms with Crippen molar-refractivity contribution in [3.8, 4) is 11.5 Å². The lowest BCUT2D eigenvalue weighted by Crippen LogP contribution is -2.24. The maximum Gasteiger partial charge on any atom is 0.146 e. The smallest absolute Gasteiger partial charge is 0.146 e. The minimum Gasteiger partial charge on any atom is -0.495 e. The lowest BCUT2D eigenvalue weighted by atomic mass is 9.86. The van der Waals surface area contributed by atoms with Gasteiger partial charge in [0.05, 0.1) is 14.2 Å². The molecule has 1 aliphatic rings. The van der Waals surface area contributed by atoms with Crippen LogP contribution in [0.4, 0.5) is 0 Å². The number of methoxy groups -OCH3 is 2. The molecule has 106 valence electrons. The molecule has 1 saturated carbocycles. The van der Waals surface area contributed by atoms with Crippen molar-refractivity contribution in [2.75, 3.05) is 14.2 Å². The fraction of sp³-hybridized carbons (Fsp3) is 0.600. The third kappa shape index (κ3) is 2.67. The van der Waals surface area contributed by atoms with Crippen molar-refractivity contribution in [3.05, 3.63) is 22.7 Å². The van der Waals surface area contributed by atoms with Crippen molar-refractivity contribution in [1.82, 2.24) is 0 Å². The number of nitrogens with two attached hydrogens (primary N) is 1. The molecule has 19 heavy (non-hydrogen) atoms. The molecule has 0 bridgehead atoms. The molecule has 3 unspecified atom stereocenters. The topological polar surface area (TPSA) is 44.5 Å². The van der Waals surface area contributed by atoms with Crippen LogP contribution in [0.15, 0.2) is 12.1 Å². The molecule has 0 amide bonds. The lowest BCUT2D eigenvalue weighted by molar-refractivity contribution is 0.335. The monoisotopic (exact) mass is 283 g/mol. The Labute approximate surface area is 120 Å². The minimum atomic E-state index is -0.0316. The van der Waals surface area contributed by atoms with Gasteiger partial charge >= 0.3 is 0 Å². The molecule has 0 aromatic heterocycles. The van der Waals surface area contributed by atoms with Crippen molar-refractivity contribution in [3.63, 3.8) is 0 Å². The first-order valence-electron chi connectivity index (χ1n) is 6.76. The highest BCUT2D eigenvalue weighted by Crippen LogP contribution is 2.45. The molecule has 0 aliphatic heterocycles.